The van der Waals surface area contributed by atoms with Crippen LogP contribution < -0.4 is 5.73 Å². The number of benzene rings is 1. The van der Waals surface area contributed by atoms with Crippen molar-refractivity contribution in [1.82, 2.24) is 9.55 Å². The van der Waals surface area contributed by atoms with Crippen LogP contribution in [0.2, 0.25) is 0 Å². The van der Waals surface area contributed by atoms with Crippen LogP contribution in [-0.2, 0) is 6.54 Å². The fourth-order valence-corrected chi connectivity index (χ4v) is 2.67. The number of nitrogen functional groups attached to an aromatic ring is 1. The van der Waals surface area contributed by atoms with Crippen molar-refractivity contribution in [2.75, 3.05) is 5.73 Å². The van der Waals surface area contributed by atoms with E-state index in [1.54, 1.807) is 17.4 Å². The van der Waals surface area contributed by atoms with Crippen LogP contribution in [-0.4, -0.2) is 9.55 Å². The summed E-state index contributed by atoms with van der Waals surface area (Å²) in [5.74, 6) is 0.445. The number of fused-ring (bicyclic) bond motifs is 1. The highest BCUT2D eigenvalue weighted by Crippen LogP contribution is 2.23. The average molecular weight is 254 g/mol. The Balaban J connectivity index is 2.18. The number of hydrogen-bond acceptors (Lipinski definition) is 4. The molecule has 3 rings (SSSR count). The summed E-state index contributed by atoms with van der Waals surface area (Å²) in [6.45, 7) is 0.689. The van der Waals surface area contributed by atoms with Crippen LogP contribution in [0, 0.1) is 11.3 Å². The lowest BCUT2D eigenvalue weighted by Crippen LogP contribution is -2.03. The summed E-state index contributed by atoms with van der Waals surface area (Å²) in [6.07, 6.45) is 0. The van der Waals surface area contributed by atoms with E-state index in [-0.39, 0.29) is 0 Å². The summed E-state index contributed by atoms with van der Waals surface area (Å²) < 4.78 is 1.93. The fraction of sp³-hybridized carbons (Fsp3) is 0.0769. The van der Waals surface area contributed by atoms with Crippen molar-refractivity contribution in [3.05, 3.63) is 46.2 Å². The topological polar surface area (TPSA) is 67.6 Å². The molecule has 18 heavy (non-hydrogen) atoms. The number of hydrogen-bond donors (Lipinski definition) is 1. The molecule has 88 valence electrons. The first-order valence-electron chi connectivity index (χ1n) is 5.47. The van der Waals surface area contributed by atoms with Crippen molar-refractivity contribution >= 4 is 28.3 Å². The summed E-state index contributed by atoms with van der Waals surface area (Å²) in [7, 11) is 0. The Bertz CT molecular complexity index is 734. The molecule has 0 aliphatic carbocycles. The fourth-order valence-electron chi connectivity index (χ4n) is 1.98. The minimum Gasteiger partial charge on any atom is -0.369 e. The maximum Gasteiger partial charge on any atom is 0.201 e. The number of nitriles is 1. The molecule has 0 amide bonds. The Hall–Kier alpha value is -2.32. The summed E-state index contributed by atoms with van der Waals surface area (Å²) in [5.41, 5.74) is 8.08. The van der Waals surface area contributed by atoms with Gasteiger partial charge in [-0.2, -0.15) is 5.26 Å². The highest BCUT2D eigenvalue weighted by molar-refractivity contribution is 7.09. The Labute approximate surface area is 108 Å². The number of anilines is 1. The van der Waals surface area contributed by atoms with E-state index in [9.17, 15) is 0 Å². The molecule has 4 nitrogen and oxygen atoms in total. The lowest BCUT2D eigenvalue weighted by atomic mass is 10.2. The molecule has 0 bridgehead atoms. The molecular formula is C13H10N4S. The number of nitrogens with two attached hydrogens (primary N) is 1. The molecule has 0 aliphatic rings. The van der Waals surface area contributed by atoms with Crippen LogP contribution in [0.5, 0.6) is 0 Å². The Morgan fingerprint density at radius 3 is 2.94 bits per heavy atom. The van der Waals surface area contributed by atoms with Gasteiger partial charge in [0, 0.05) is 4.88 Å². The van der Waals surface area contributed by atoms with E-state index >= 15 is 0 Å². The van der Waals surface area contributed by atoms with E-state index in [1.807, 2.05) is 28.1 Å². The summed E-state index contributed by atoms with van der Waals surface area (Å²) >= 11 is 1.68. The van der Waals surface area contributed by atoms with E-state index in [1.165, 1.54) is 4.88 Å². The van der Waals surface area contributed by atoms with Crippen molar-refractivity contribution in [3.63, 3.8) is 0 Å². The van der Waals surface area contributed by atoms with Crippen molar-refractivity contribution in [2.24, 2.45) is 0 Å². The molecule has 0 spiro atoms. The standard InChI is InChI=1S/C13H10N4S/c14-7-9-3-1-5-11-12(9)16-13(15)17(11)8-10-4-2-6-18-10/h1-6H,8H2,(H2,15,16). The predicted molar refractivity (Wildman–Crippen MR) is 72.3 cm³/mol. The molecular weight excluding hydrogens is 244 g/mol. The molecule has 0 radical (unpaired) electrons. The Morgan fingerprint density at radius 1 is 1.33 bits per heavy atom. The van der Waals surface area contributed by atoms with Gasteiger partial charge >= 0.3 is 0 Å². The highest BCUT2D eigenvalue weighted by Gasteiger charge is 2.11. The highest BCUT2D eigenvalue weighted by atomic mass is 32.1. The molecule has 0 atom stereocenters. The summed E-state index contributed by atoms with van der Waals surface area (Å²) in [4.78, 5) is 5.50. The van der Waals surface area contributed by atoms with Gasteiger partial charge in [0.2, 0.25) is 5.95 Å². The third-order valence-corrected chi connectivity index (χ3v) is 3.68. The minimum atomic E-state index is 0.445. The largest absolute Gasteiger partial charge is 0.369 e. The van der Waals surface area contributed by atoms with Gasteiger partial charge in [0.15, 0.2) is 0 Å². The third-order valence-electron chi connectivity index (χ3n) is 2.82. The van der Waals surface area contributed by atoms with Crippen molar-refractivity contribution in [2.45, 2.75) is 6.54 Å². The lowest BCUT2D eigenvalue weighted by molar-refractivity contribution is 0.853. The Morgan fingerprint density at radius 2 is 2.22 bits per heavy atom. The molecule has 2 N–H and O–H groups in total. The molecule has 2 heterocycles. The average Bonchev–Trinajstić information content (AvgIpc) is 2.99. The number of rotatable bonds is 2. The van der Waals surface area contributed by atoms with Gasteiger partial charge in [-0.15, -0.1) is 11.3 Å². The maximum atomic E-state index is 9.05. The first kappa shape index (κ1) is 10.8. The molecule has 0 unspecified atom stereocenters. The van der Waals surface area contributed by atoms with Crippen molar-refractivity contribution in [1.29, 1.82) is 5.26 Å². The SMILES string of the molecule is N#Cc1cccc2c1nc(N)n2Cc1cccs1. The zero-order valence-corrected chi connectivity index (χ0v) is 10.3. The van der Waals surface area contributed by atoms with Gasteiger partial charge in [-0.1, -0.05) is 12.1 Å². The third kappa shape index (κ3) is 1.63. The van der Waals surface area contributed by atoms with E-state index in [4.69, 9.17) is 11.0 Å². The molecule has 0 saturated carbocycles. The molecule has 0 aliphatic heterocycles. The Kier molecular flexibility index (Phi) is 2.50. The first-order valence-corrected chi connectivity index (χ1v) is 6.35. The van der Waals surface area contributed by atoms with Gasteiger partial charge in [0.05, 0.1) is 17.6 Å². The van der Waals surface area contributed by atoms with Gasteiger partial charge in [0.1, 0.15) is 11.6 Å². The smallest absolute Gasteiger partial charge is 0.201 e. The summed E-state index contributed by atoms with van der Waals surface area (Å²) in [6, 6.07) is 11.8. The van der Waals surface area contributed by atoms with Crippen LogP contribution in [0.15, 0.2) is 35.7 Å². The minimum absolute atomic E-state index is 0.445. The first-order chi connectivity index (χ1) is 8.79. The summed E-state index contributed by atoms with van der Waals surface area (Å²) in [5, 5.41) is 11.1. The van der Waals surface area contributed by atoms with E-state index < -0.39 is 0 Å². The van der Waals surface area contributed by atoms with Gasteiger partial charge < -0.3 is 10.3 Å². The predicted octanol–water partition coefficient (Wildman–Crippen LogP) is 2.60. The van der Waals surface area contributed by atoms with E-state index in [0.29, 0.717) is 23.6 Å². The zero-order valence-electron chi connectivity index (χ0n) is 9.50. The number of aromatic nitrogens is 2. The van der Waals surface area contributed by atoms with Crippen LogP contribution >= 0.6 is 11.3 Å². The van der Waals surface area contributed by atoms with Crippen LogP contribution in [0.25, 0.3) is 11.0 Å². The lowest BCUT2D eigenvalue weighted by Gasteiger charge is -2.04. The quantitative estimate of drug-likeness (QED) is 0.764. The van der Waals surface area contributed by atoms with Gasteiger partial charge in [-0.05, 0) is 23.6 Å². The van der Waals surface area contributed by atoms with Crippen molar-refractivity contribution in [3.8, 4) is 6.07 Å². The molecule has 2 aromatic heterocycles. The normalized spacial score (nSPS) is 10.6. The van der Waals surface area contributed by atoms with E-state index in [2.05, 4.69) is 17.1 Å². The van der Waals surface area contributed by atoms with Crippen LogP contribution in [0.1, 0.15) is 10.4 Å². The number of imidazole rings is 1. The number of para-hydroxylation sites is 1. The van der Waals surface area contributed by atoms with Gasteiger partial charge in [0.25, 0.3) is 0 Å². The monoisotopic (exact) mass is 254 g/mol. The van der Waals surface area contributed by atoms with Gasteiger partial charge in [-0.25, -0.2) is 4.98 Å². The second-order valence-corrected chi connectivity index (χ2v) is 4.95. The molecule has 5 heteroatoms. The molecule has 0 saturated heterocycles. The van der Waals surface area contributed by atoms with E-state index in [0.717, 1.165) is 5.52 Å². The zero-order chi connectivity index (χ0) is 12.5. The van der Waals surface area contributed by atoms with Crippen LogP contribution in [0.4, 0.5) is 5.95 Å². The number of nitrogens with zero attached hydrogens (tertiary/aromatic N) is 3. The van der Waals surface area contributed by atoms with Gasteiger partial charge in [-0.3, -0.25) is 0 Å². The molecule has 0 fully saturated rings. The number of thiophene rings is 1. The second kappa shape index (κ2) is 4.17. The molecule has 3 aromatic rings. The van der Waals surface area contributed by atoms with Crippen LogP contribution in [0.3, 0.4) is 0 Å². The second-order valence-electron chi connectivity index (χ2n) is 3.92. The van der Waals surface area contributed by atoms with Crippen molar-refractivity contribution < 1.29 is 0 Å². The maximum absolute atomic E-state index is 9.05. The molecule has 1 aromatic carbocycles.